The highest BCUT2D eigenvalue weighted by atomic mass is 19.1. The van der Waals surface area contributed by atoms with Gasteiger partial charge in [0.05, 0.1) is 18.8 Å². The van der Waals surface area contributed by atoms with Crippen molar-refractivity contribution in [3.8, 4) is 0 Å². The molecule has 1 aromatic rings. The summed E-state index contributed by atoms with van der Waals surface area (Å²) in [5.74, 6) is -1.31. The van der Waals surface area contributed by atoms with Gasteiger partial charge in [0.15, 0.2) is 0 Å². The van der Waals surface area contributed by atoms with E-state index in [-0.39, 0.29) is 11.7 Å². The molecule has 1 saturated carbocycles. The minimum atomic E-state index is -0.939. The van der Waals surface area contributed by atoms with Gasteiger partial charge < -0.3 is 9.84 Å². The Hall–Kier alpha value is -1.04. The Balaban J connectivity index is 1.69. The number of halogens is 2. The molecule has 0 unspecified atom stereocenters. The largest absolute Gasteiger partial charge is 0.387 e. The van der Waals surface area contributed by atoms with E-state index in [0.29, 0.717) is 19.2 Å². The van der Waals surface area contributed by atoms with Crippen molar-refractivity contribution >= 4 is 0 Å². The second kappa shape index (κ2) is 6.38. The average Bonchev–Trinajstić information content (AvgIpc) is 2.47. The highest BCUT2D eigenvalue weighted by molar-refractivity contribution is 5.21. The lowest BCUT2D eigenvalue weighted by Gasteiger charge is -2.44. The molecule has 2 fully saturated rings. The minimum absolute atomic E-state index is 0.162. The first-order chi connectivity index (χ1) is 10.1. The summed E-state index contributed by atoms with van der Waals surface area (Å²) in [5, 5.41) is 10.3. The van der Waals surface area contributed by atoms with Gasteiger partial charge in [-0.1, -0.05) is 18.9 Å². The van der Waals surface area contributed by atoms with E-state index in [4.69, 9.17) is 4.74 Å². The molecule has 3 rings (SSSR count). The number of β-amino-alcohol motifs (C(OH)–C–C–N with tert-alkyl or cyclic N) is 1. The zero-order chi connectivity index (χ0) is 14.8. The zero-order valence-corrected chi connectivity index (χ0v) is 12.0. The third kappa shape index (κ3) is 3.25. The van der Waals surface area contributed by atoms with E-state index in [1.165, 1.54) is 25.0 Å². The molecule has 0 amide bonds. The Morgan fingerprint density at radius 2 is 2.10 bits per heavy atom. The molecule has 0 bridgehead atoms. The fourth-order valence-corrected chi connectivity index (χ4v) is 3.50. The molecule has 0 spiro atoms. The van der Waals surface area contributed by atoms with Crippen LogP contribution >= 0.6 is 0 Å². The van der Waals surface area contributed by atoms with Gasteiger partial charge in [0.2, 0.25) is 0 Å². The molecule has 5 heteroatoms. The molecular formula is C16H21F2NO2. The standard InChI is InChI=1S/C16H21F2NO2/c17-11-5-6-12(13(18)9-11)15(20)10-19-7-8-21-16-4-2-1-3-14(16)19/h5-6,9,14-16,20H,1-4,7-8,10H2/t14-,15+,16-/m0/s1. The lowest BCUT2D eigenvalue weighted by Crippen LogP contribution is -2.53. The number of ether oxygens (including phenoxy) is 1. The maximum Gasteiger partial charge on any atom is 0.131 e. The summed E-state index contributed by atoms with van der Waals surface area (Å²) in [5.41, 5.74) is 0.162. The van der Waals surface area contributed by atoms with Crippen LogP contribution in [0, 0.1) is 11.6 Å². The lowest BCUT2D eigenvalue weighted by molar-refractivity contribution is -0.0976. The van der Waals surface area contributed by atoms with Gasteiger partial charge >= 0.3 is 0 Å². The van der Waals surface area contributed by atoms with Gasteiger partial charge in [-0.25, -0.2) is 8.78 Å². The molecule has 3 atom stereocenters. The number of rotatable bonds is 3. The van der Waals surface area contributed by atoms with Crippen molar-refractivity contribution in [2.24, 2.45) is 0 Å². The van der Waals surface area contributed by atoms with Gasteiger partial charge in [-0.2, -0.15) is 0 Å². The van der Waals surface area contributed by atoms with Crippen molar-refractivity contribution in [2.75, 3.05) is 19.7 Å². The number of aliphatic hydroxyl groups is 1. The third-order valence-corrected chi connectivity index (χ3v) is 4.58. The molecular weight excluding hydrogens is 276 g/mol. The Morgan fingerprint density at radius 3 is 2.90 bits per heavy atom. The minimum Gasteiger partial charge on any atom is -0.387 e. The molecule has 116 valence electrons. The van der Waals surface area contributed by atoms with Crippen LogP contribution in [0.2, 0.25) is 0 Å². The van der Waals surface area contributed by atoms with E-state index in [0.717, 1.165) is 25.5 Å². The maximum absolute atomic E-state index is 13.7. The van der Waals surface area contributed by atoms with Crippen LogP contribution in [0.15, 0.2) is 18.2 Å². The summed E-state index contributed by atoms with van der Waals surface area (Å²) >= 11 is 0. The fraction of sp³-hybridized carbons (Fsp3) is 0.625. The molecule has 1 aliphatic carbocycles. The average molecular weight is 297 g/mol. The normalized spacial score (nSPS) is 28.1. The molecule has 2 aliphatic rings. The first-order valence-corrected chi connectivity index (χ1v) is 7.64. The molecule has 1 N–H and O–H groups in total. The van der Waals surface area contributed by atoms with Gasteiger partial charge in [0, 0.05) is 30.8 Å². The molecule has 1 saturated heterocycles. The molecule has 1 heterocycles. The van der Waals surface area contributed by atoms with Crippen LogP contribution in [0.25, 0.3) is 0 Å². The number of benzene rings is 1. The van der Waals surface area contributed by atoms with Gasteiger partial charge in [-0.05, 0) is 18.9 Å². The predicted molar refractivity (Wildman–Crippen MR) is 74.9 cm³/mol. The van der Waals surface area contributed by atoms with E-state index in [1.807, 2.05) is 0 Å². The summed E-state index contributed by atoms with van der Waals surface area (Å²) in [7, 11) is 0. The van der Waals surface area contributed by atoms with Gasteiger partial charge in [-0.3, -0.25) is 4.90 Å². The first kappa shape index (κ1) is 14.9. The van der Waals surface area contributed by atoms with Gasteiger partial charge in [0.25, 0.3) is 0 Å². The fourth-order valence-electron chi connectivity index (χ4n) is 3.50. The van der Waals surface area contributed by atoms with E-state index >= 15 is 0 Å². The van der Waals surface area contributed by atoms with Crippen LogP contribution < -0.4 is 0 Å². The maximum atomic E-state index is 13.7. The monoisotopic (exact) mass is 297 g/mol. The Morgan fingerprint density at radius 1 is 1.29 bits per heavy atom. The van der Waals surface area contributed by atoms with Crippen molar-refractivity contribution in [1.82, 2.24) is 4.90 Å². The second-order valence-corrected chi connectivity index (χ2v) is 5.94. The molecule has 0 aromatic heterocycles. The summed E-state index contributed by atoms with van der Waals surface area (Å²) in [6, 6.07) is 3.64. The summed E-state index contributed by atoms with van der Waals surface area (Å²) in [6.45, 7) is 1.77. The number of aliphatic hydroxyl groups excluding tert-OH is 1. The molecule has 3 nitrogen and oxygen atoms in total. The Labute approximate surface area is 123 Å². The van der Waals surface area contributed by atoms with Crippen LogP contribution in [0.3, 0.4) is 0 Å². The van der Waals surface area contributed by atoms with E-state index in [1.54, 1.807) is 0 Å². The lowest BCUT2D eigenvalue weighted by atomic mass is 9.89. The van der Waals surface area contributed by atoms with Crippen LogP contribution in [0.1, 0.15) is 37.4 Å². The molecule has 1 aliphatic heterocycles. The van der Waals surface area contributed by atoms with Crippen molar-refractivity contribution in [2.45, 2.75) is 43.9 Å². The number of nitrogens with zero attached hydrogens (tertiary/aromatic N) is 1. The predicted octanol–water partition coefficient (Wildman–Crippen LogP) is 2.64. The topological polar surface area (TPSA) is 32.7 Å². The van der Waals surface area contributed by atoms with Crippen LogP contribution in [0.4, 0.5) is 8.78 Å². The first-order valence-electron chi connectivity index (χ1n) is 7.64. The SMILES string of the molecule is O[C@H](CN1CCO[C@H]2CCCC[C@@H]21)c1ccc(F)cc1F. The Kier molecular flexibility index (Phi) is 4.52. The number of fused-ring (bicyclic) bond motifs is 1. The van der Waals surface area contributed by atoms with E-state index < -0.39 is 17.7 Å². The van der Waals surface area contributed by atoms with Crippen LogP contribution in [0.5, 0.6) is 0 Å². The zero-order valence-electron chi connectivity index (χ0n) is 12.0. The van der Waals surface area contributed by atoms with Gasteiger partial charge in [-0.15, -0.1) is 0 Å². The van der Waals surface area contributed by atoms with Crippen molar-refractivity contribution in [3.05, 3.63) is 35.4 Å². The highest BCUT2D eigenvalue weighted by Gasteiger charge is 2.35. The Bertz CT molecular complexity index is 495. The van der Waals surface area contributed by atoms with Crippen LogP contribution in [-0.2, 0) is 4.74 Å². The van der Waals surface area contributed by atoms with Crippen LogP contribution in [-0.4, -0.2) is 41.8 Å². The number of hydrogen-bond donors (Lipinski definition) is 1. The second-order valence-electron chi connectivity index (χ2n) is 5.94. The highest BCUT2D eigenvalue weighted by Crippen LogP contribution is 2.30. The summed E-state index contributed by atoms with van der Waals surface area (Å²) in [6.07, 6.45) is 3.77. The smallest absolute Gasteiger partial charge is 0.131 e. The van der Waals surface area contributed by atoms with Gasteiger partial charge in [0.1, 0.15) is 11.6 Å². The van der Waals surface area contributed by atoms with Crippen molar-refractivity contribution in [1.29, 1.82) is 0 Å². The summed E-state index contributed by atoms with van der Waals surface area (Å²) < 4.78 is 32.5. The quantitative estimate of drug-likeness (QED) is 0.931. The number of hydrogen-bond acceptors (Lipinski definition) is 3. The molecule has 0 radical (unpaired) electrons. The van der Waals surface area contributed by atoms with Crippen molar-refractivity contribution < 1.29 is 18.6 Å². The third-order valence-electron chi connectivity index (χ3n) is 4.58. The van der Waals surface area contributed by atoms with E-state index in [9.17, 15) is 13.9 Å². The van der Waals surface area contributed by atoms with Crippen molar-refractivity contribution in [3.63, 3.8) is 0 Å². The van der Waals surface area contributed by atoms with E-state index in [2.05, 4.69) is 4.90 Å². The molecule has 1 aromatic carbocycles. The molecule has 21 heavy (non-hydrogen) atoms. The summed E-state index contributed by atoms with van der Waals surface area (Å²) in [4.78, 5) is 2.20. The number of morpholine rings is 1.